The van der Waals surface area contributed by atoms with E-state index in [9.17, 15) is 14.4 Å². The Bertz CT molecular complexity index is 1150. The van der Waals surface area contributed by atoms with Crippen molar-refractivity contribution in [1.29, 1.82) is 0 Å². The summed E-state index contributed by atoms with van der Waals surface area (Å²) >= 11 is 5.68. The fourth-order valence-corrected chi connectivity index (χ4v) is 4.38. The van der Waals surface area contributed by atoms with Crippen LogP contribution in [0, 0.1) is 0 Å². The van der Waals surface area contributed by atoms with E-state index in [-0.39, 0.29) is 29.4 Å². The number of ether oxygens (including phenoxy) is 3. The van der Waals surface area contributed by atoms with Gasteiger partial charge in [0.2, 0.25) is 23.0 Å². The fraction of sp³-hybridized carbons (Fsp3) is 0.400. The molecular weight excluding hydrogens is 460 g/mol. The maximum Gasteiger partial charge on any atom is 0.224 e. The molecule has 0 bridgehead atoms. The first-order valence-corrected chi connectivity index (χ1v) is 11.5. The zero-order chi connectivity index (χ0) is 24.8. The molecule has 182 valence electrons. The molecule has 2 N–H and O–H groups in total. The monoisotopic (exact) mass is 488 g/mol. The summed E-state index contributed by atoms with van der Waals surface area (Å²) in [6.07, 6.45) is 1.88. The molecule has 0 aliphatic heterocycles. The highest BCUT2D eigenvalue weighted by Gasteiger charge is 2.29. The molecule has 1 aliphatic carbocycles. The second-order valence-corrected chi connectivity index (χ2v) is 8.31. The highest BCUT2D eigenvalue weighted by Crippen LogP contribution is 2.50. The van der Waals surface area contributed by atoms with E-state index in [4.69, 9.17) is 25.8 Å². The van der Waals surface area contributed by atoms with Gasteiger partial charge in [0.05, 0.1) is 33.1 Å². The van der Waals surface area contributed by atoms with E-state index in [1.807, 2.05) is 6.07 Å². The van der Waals surface area contributed by atoms with E-state index in [0.717, 1.165) is 11.1 Å². The summed E-state index contributed by atoms with van der Waals surface area (Å²) in [4.78, 5) is 37.3. The number of amides is 2. The molecule has 0 radical (unpaired) electrons. The Morgan fingerprint density at radius 2 is 1.82 bits per heavy atom. The number of methoxy groups -OCH3 is 3. The van der Waals surface area contributed by atoms with Crippen LogP contribution < -0.4 is 30.3 Å². The summed E-state index contributed by atoms with van der Waals surface area (Å²) in [6.45, 7) is 1.44. The van der Waals surface area contributed by atoms with Crippen molar-refractivity contribution >= 4 is 29.1 Å². The largest absolute Gasteiger partial charge is 0.493 e. The number of halogens is 1. The number of nitrogens with one attached hydrogen (secondary N) is 2. The first kappa shape index (κ1) is 25.4. The highest BCUT2D eigenvalue weighted by atomic mass is 35.5. The van der Waals surface area contributed by atoms with Gasteiger partial charge in [-0.15, -0.1) is 11.6 Å². The van der Waals surface area contributed by atoms with Gasteiger partial charge in [0, 0.05) is 24.8 Å². The lowest BCUT2D eigenvalue weighted by atomic mass is 9.95. The molecule has 0 fully saturated rings. The number of carbonyl (C=O) groups excluding carboxylic acids is 2. The molecule has 0 unspecified atom stereocenters. The lowest BCUT2D eigenvalue weighted by Gasteiger charge is -2.19. The van der Waals surface area contributed by atoms with Crippen LogP contribution in [0.25, 0.3) is 11.1 Å². The van der Waals surface area contributed by atoms with Crippen molar-refractivity contribution in [2.45, 2.75) is 38.6 Å². The number of fused-ring (bicyclic) bond motifs is 3. The van der Waals surface area contributed by atoms with E-state index >= 15 is 0 Å². The van der Waals surface area contributed by atoms with E-state index < -0.39 is 6.04 Å². The highest BCUT2D eigenvalue weighted by molar-refractivity contribution is 6.18. The van der Waals surface area contributed by atoms with Crippen molar-refractivity contribution < 1.29 is 23.8 Å². The Labute approximate surface area is 203 Å². The lowest BCUT2D eigenvalue weighted by molar-refractivity contribution is -0.119. The Balaban J connectivity index is 2.28. The molecule has 3 rings (SSSR count). The number of anilines is 1. The van der Waals surface area contributed by atoms with Crippen molar-refractivity contribution in [3.05, 3.63) is 45.6 Å². The number of alkyl halides is 1. The summed E-state index contributed by atoms with van der Waals surface area (Å²) in [7, 11) is 4.62. The maximum atomic E-state index is 13.1. The molecule has 2 aromatic rings. The van der Waals surface area contributed by atoms with Crippen molar-refractivity contribution in [3.8, 4) is 28.4 Å². The van der Waals surface area contributed by atoms with Gasteiger partial charge in [-0.1, -0.05) is 6.07 Å². The van der Waals surface area contributed by atoms with E-state index in [1.54, 1.807) is 19.2 Å². The Morgan fingerprint density at radius 1 is 1.09 bits per heavy atom. The zero-order valence-electron chi connectivity index (χ0n) is 19.7. The predicted molar refractivity (Wildman–Crippen MR) is 131 cm³/mol. The fourth-order valence-electron chi connectivity index (χ4n) is 4.25. The second kappa shape index (κ2) is 11.2. The first-order chi connectivity index (χ1) is 16.3. The van der Waals surface area contributed by atoms with Gasteiger partial charge in [-0.2, -0.15) is 0 Å². The summed E-state index contributed by atoms with van der Waals surface area (Å²) in [6, 6.07) is 6.29. The number of benzene rings is 1. The molecular formula is C25H29ClN2O6. The van der Waals surface area contributed by atoms with Gasteiger partial charge < -0.3 is 24.8 Å². The zero-order valence-corrected chi connectivity index (χ0v) is 20.5. The third-order valence-electron chi connectivity index (χ3n) is 5.73. The Morgan fingerprint density at radius 3 is 2.44 bits per heavy atom. The van der Waals surface area contributed by atoms with E-state index in [1.165, 1.54) is 27.2 Å². The predicted octanol–water partition coefficient (Wildman–Crippen LogP) is 3.82. The molecule has 2 amide bonds. The van der Waals surface area contributed by atoms with Gasteiger partial charge in [0.1, 0.15) is 0 Å². The van der Waals surface area contributed by atoms with Crippen molar-refractivity contribution in [2.75, 3.05) is 32.5 Å². The topological polar surface area (TPSA) is 103 Å². The SMILES string of the molecule is COc1cc2c(c(OC)c1OC)-c1ccc(NC(=O)CCCCl)c(=O)cc1[C@@H](NC(C)=O)CC2. The molecule has 1 aliphatic rings. The van der Waals surface area contributed by atoms with E-state index in [0.29, 0.717) is 53.5 Å². The molecule has 0 saturated carbocycles. The smallest absolute Gasteiger partial charge is 0.224 e. The van der Waals surface area contributed by atoms with Gasteiger partial charge in [-0.05, 0) is 54.2 Å². The van der Waals surface area contributed by atoms with Crippen LogP contribution in [0.2, 0.25) is 0 Å². The minimum absolute atomic E-state index is 0.148. The third-order valence-corrected chi connectivity index (χ3v) is 5.99. The van der Waals surface area contributed by atoms with Gasteiger partial charge >= 0.3 is 0 Å². The summed E-state index contributed by atoms with van der Waals surface area (Å²) in [5, 5.41) is 5.63. The van der Waals surface area contributed by atoms with Crippen LogP contribution >= 0.6 is 11.6 Å². The van der Waals surface area contributed by atoms with Gasteiger partial charge in [0.15, 0.2) is 11.5 Å². The molecule has 0 spiro atoms. The molecule has 0 heterocycles. The quantitative estimate of drug-likeness (QED) is 0.547. The van der Waals surface area contributed by atoms with Crippen LogP contribution in [0.4, 0.5) is 5.69 Å². The van der Waals surface area contributed by atoms with E-state index in [2.05, 4.69) is 10.6 Å². The average molecular weight is 489 g/mol. The molecule has 9 heteroatoms. The molecule has 34 heavy (non-hydrogen) atoms. The number of carbonyl (C=O) groups is 2. The number of hydrogen-bond acceptors (Lipinski definition) is 6. The van der Waals surface area contributed by atoms with Crippen molar-refractivity contribution in [1.82, 2.24) is 5.32 Å². The molecule has 2 aromatic carbocycles. The van der Waals surface area contributed by atoms with Crippen LogP contribution in [0.5, 0.6) is 17.2 Å². The van der Waals surface area contributed by atoms with Crippen LogP contribution in [-0.2, 0) is 16.0 Å². The van der Waals surface area contributed by atoms with Gasteiger partial charge in [-0.3, -0.25) is 14.4 Å². The van der Waals surface area contributed by atoms with Crippen LogP contribution in [-0.4, -0.2) is 39.0 Å². The second-order valence-electron chi connectivity index (χ2n) is 7.94. The van der Waals surface area contributed by atoms with Crippen molar-refractivity contribution in [3.63, 3.8) is 0 Å². The van der Waals surface area contributed by atoms with Gasteiger partial charge in [-0.25, -0.2) is 0 Å². The standard InChI is InChI=1S/C25H29ClN2O6/c1-14(29)27-18-9-7-15-12-21(32-2)24(33-3)25(34-4)23(15)16-8-10-19(20(30)13-17(16)18)28-22(31)6-5-11-26/h8,10,12-13,18H,5-7,9,11H2,1-4H3,(H,27,29)(H,28,30,31)/t18-/m0/s1. The average Bonchev–Trinajstić information content (AvgIpc) is 3.05. The molecule has 8 nitrogen and oxygen atoms in total. The number of hydrogen-bond donors (Lipinski definition) is 2. The molecule has 0 aromatic heterocycles. The van der Waals surface area contributed by atoms with Crippen LogP contribution in [0.3, 0.4) is 0 Å². The molecule has 1 atom stereocenters. The normalized spacial score (nSPS) is 14.2. The van der Waals surface area contributed by atoms with Crippen molar-refractivity contribution in [2.24, 2.45) is 0 Å². The van der Waals surface area contributed by atoms with Crippen LogP contribution in [0.1, 0.15) is 43.4 Å². The van der Waals surface area contributed by atoms with Crippen LogP contribution in [0.15, 0.2) is 29.1 Å². The minimum atomic E-state index is -0.415. The van der Waals surface area contributed by atoms with Gasteiger partial charge in [0.25, 0.3) is 0 Å². The summed E-state index contributed by atoms with van der Waals surface area (Å²) in [5.41, 5.74) is 2.79. The molecule has 0 saturated heterocycles. The Kier molecular flexibility index (Phi) is 8.39. The number of aryl methyl sites for hydroxylation is 1. The maximum absolute atomic E-state index is 13.1. The summed E-state index contributed by atoms with van der Waals surface area (Å²) in [5.74, 6) is 1.27. The summed E-state index contributed by atoms with van der Waals surface area (Å²) < 4.78 is 16.9. The Hall–Kier alpha value is -3.26. The third kappa shape index (κ3) is 5.28. The minimum Gasteiger partial charge on any atom is -0.493 e. The lowest BCUT2D eigenvalue weighted by Crippen LogP contribution is -2.26. The first-order valence-electron chi connectivity index (χ1n) is 11.0. The number of rotatable bonds is 8.